The van der Waals surface area contributed by atoms with Gasteiger partial charge < -0.3 is 0 Å². The molecular formula is C5HClF8O. The lowest BCUT2D eigenvalue weighted by Gasteiger charge is -2.27. The zero-order valence-electron chi connectivity index (χ0n) is 6.39. The zero-order chi connectivity index (χ0) is 12.7. The van der Waals surface area contributed by atoms with E-state index in [1.807, 2.05) is 0 Å². The fourth-order valence-electron chi connectivity index (χ4n) is 0.496. The van der Waals surface area contributed by atoms with E-state index in [-0.39, 0.29) is 0 Å². The van der Waals surface area contributed by atoms with Gasteiger partial charge in [-0.25, -0.2) is 4.39 Å². The molecule has 10 heteroatoms. The molecule has 90 valence electrons. The van der Waals surface area contributed by atoms with Crippen LogP contribution in [-0.2, 0) is 4.79 Å². The summed E-state index contributed by atoms with van der Waals surface area (Å²) in [5.41, 5.74) is 0. The van der Waals surface area contributed by atoms with Gasteiger partial charge in [0.05, 0.1) is 0 Å². The molecule has 0 N–H and O–H groups in total. The highest BCUT2D eigenvalue weighted by Crippen LogP contribution is 2.45. The molecular weight excluding hydrogens is 263 g/mol. The van der Waals surface area contributed by atoms with E-state index in [0.717, 1.165) is 0 Å². The van der Waals surface area contributed by atoms with Gasteiger partial charge in [-0.3, -0.25) is 4.79 Å². The molecule has 0 spiro atoms. The Morgan fingerprint density at radius 3 is 1.53 bits per heavy atom. The van der Waals surface area contributed by atoms with Crippen molar-refractivity contribution in [3.05, 3.63) is 0 Å². The Balaban J connectivity index is 5.23. The Bertz CT molecular complexity index is 258. The average Bonchev–Trinajstić information content (AvgIpc) is 2.00. The molecule has 0 saturated carbocycles. The quantitative estimate of drug-likeness (QED) is 0.566. The first kappa shape index (κ1) is 14.4. The van der Waals surface area contributed by atoms with Crippen molar-refractivity contribution in [3.63, 3.8) is 0 Å². The fraction of sp³-hybridized carbons (Fsp3) is 0.800. The third-order valence-corrected chi connectivity index (χ3v) is 1.51. The fourth-order valence-corrected chi connectivity index (χ4v) is 0.622. The van der Waals surface area contributed by atoms with E-state index >= 15 is 0 Å². The van der Waals surface area contributed by atoms with E-state index in [2.05, 4.69) is 11.6 Å². The van der Waals surface area contributed by atoms with Gasteiger partial charge in [0.1, 0.15) is 0 Å². The van der Waals surface area contributed by atoms with Crippen molar-refractivity contribution in [1.82, 2.24) is 0 Å². The summed E-state index contributed by atoms with van der Waals surface area (Å²) in [6, 6.07) is 0. The number of carbonyl (C=O) groups excluding carboxylic acids is 1. The van der Waals surface area contributed by atoms with Crippen LogP contribution in [0.4, 0.5) is 35.1 Å². The van der Waals surface area contributed by atoms with Crippen molar-refractivity contribution in [3.8, 4) is 0 Å². The summed E-state index contributed by atoms with van der Waals surface area (Å²) in [6.45, 7) is 0. The van der Waals surface area contributed by atoms with E-state index in [0.29, 0.717) is 0 Å². The summed E-state index contributed by atoms with van der Waals surface area (Å²) in [4.78, 5) is 9.74. The van der Waals surface area contributed by atoms with Crippen LogP contribution in [-0.4, -0.2) is 29.4 Å². The molecule has 0 aliphatic rings. The predicted molar refractivity (Wildman–Crippen MR) is 31.7 cm³/mol. The second kappa shape index (κ2) is 3.76. The first-order valence-electron chi connectivity index (χ1n) is 3.01. The van der Waals surface area contributed by atoms with Crippen LogP contribution in [0.15, 0.2) is 0 Å². The first-order valence-corrected chi connectivity index (χ1v) is 3.39. The molecule has 0 radical (unpaired) electrons. The molecule has 0 aromatic rings. The minimum Gasteiger partial charge on any atom is -0.274 e. The third-order valence-electron chi connectivity index (χ3n) is 1.27. The first-order chi connectivity index (χ1) is 6.35. The van der Waals surface area contributed by atoms with E-state index in [1.165, 1.54) is 0 Å². The van der Waals surface area contributed by atoms with Crippen molar-refractivity contribution in [2.24, 2.45) is 0 Å². The second-order valence-corrected chi connectivity index (χ2v) is 2.72. The molecule has 1 nitrogen and oxygen atoms in total. The van der Waals surface area contributed by atoms with Gasteiger partial charge in [0.25, 0.3) is 11.4 Å². The van der Waals surface area contributed by atoms with Gasteiger partial charge in [-0.05, 0) is 11.6 Å². The Labute approximate surface area is 82.0 Å². The zero-order valence-corrected chi connectivity index (χ0v) is 7.14. The lowest BCUT2D eigenvalue weighted by molar-refractivity contribution is -0.294. The van der Waals surface area contributed by atoms with Crippen LogP contribution in [0.5, 0.6) is 0 Å². The topological polar surface area (TPSA) is 17.1 Å². The molecule has 0 aliphatic heterocycles. The number of rotatable bonds is 3. The number of carbonyl (C=O) groups is 1. The number of hydrogen-bond acceptors (Lipinski definition) is 1. The van der Waals surface area contributed by atoms with Crippen LogP contribution in [0, 0.1) is 0 Å². The SMILES string of the molecule is O=C(Cl)C(F)(F)C(F)(F)C(F)C(F)(F)F. The van der Waals surface area contributed by atoms with Crippen molar-refractivity contribution >= 4 is 16.8 Å². The Hall–Kier alpha value is -0.600. The lowest BCUT2D eigenvalue weighted by atomic mass is 10.1. The van der Waals surface area contributed by atoms with Crippen LogP contribution in [0.1, 0.15) is 0 Å². The van der Waals surface area contributed by atoms with Crippen molar-refractivity contribution < 1.29 is 39.9 Å². The smallest absolute Gasteiger partial charge is 0.274 e. The molecule has 0 rings (SSSR count). The molecule has 0 aromatic heterocycles. The summed E-state index contributed by atoms with van der Waals surface area (Å²) in [6.07, 6.45) is -11.4. The molecule has 1 unspecified atom stereocenters. The third kappa shape index (κ3) is 2.50. The Kier molecular flexibility index (Phi) is 3.61. The van der Waals surface area contributed by atoms with Crippen molar-refractivity contribution in [1.29, 1.82) is 0 Å². The average molecular weight is 264 g/mol. The van der Waals surface area contributed by atoms with Crippen LogP contribution in [0.2, 0.25) is 0 Å². The van der Waals surface area contributed by atoms with Crippen LogP contribution in [0.25, 0.3) is 0 Å². The van der Waals surface area contributed by atoms with Gasteiger partial charge in [-0.2, -0.15) is 30.7 Å². The second-order valence-electron chi connectivity index (χ2n) is 2.38. The van der Waals surface area contributed by atoms with Crippen molar-refractivity contribution in [2.75, 3.05) is 0 Å². The molecule has 15 heavy (non-hydrogen) atoms. The number of halogens is 9. The van der Waals surface area contributed by atoms with E-state index in [9.17, 15) is 39.9 Å². The molecule has 0 bridgehead atoms. The summed E-state index contributed by atoms with van der Waals surface area (Å²) in [5.74, 6) is -12.2. The Morgan fingerprint density at radius 1 is 1.00 bits per heavy atom. The molecule has 0 aliphatic carbocycles. The normalized spacial score (nSPS) is 16.3. The van der Waals surface area contributed by atoms with E-state index in [4.69, 9.17) is 0 Å². The largest absolute Gasteiger partial charge is 0.425 e. The molecule has 0 amide bonds. The van der Waals surface area contributed by atoms with Gasteiger partial charge in [-0.1, -0.05) is 0 Å². The van der Waals surface area contributed by atoms with Gasteiger partial charge in [0, 0.05) is 0 Å². The van der Waals surface area contributed by atoms with Crippen LogP contribution >= 0.6 is 11.6 Å². The molecule has 0 heterocycles. The van der Waals surface area contributed by atoms with Gasteiger partial charge >= 0.3 is 18.0 Å². The summed E-state index contributed by atoms with van der Waals surface area (Å²) in [5, 5.41) is -3.07. The molecule has 1 atom stereocenters. The molecule has 0 fully saturated rings. The highest BCUT2D eigenvalue weighted by molar-refractivity contribution is 6.65. The Morgan fingerprint density at radius 2 is 1.33 bits per heavy atom. The highest BCUT2D eigenvalue weighted by Gasteiger charge is 2.72. The van der Waals surface area contributed by atoms with Crippen molar-refractivity contribution in [2.45, 2.75) is 24.2 Å². The number of hydrogen-bond donors (Lipinski definition) is 0. The lowest BCUT2D eigenvalue weighted by Crippen LogP contribution is -2.56. The minimum absolute atomic E-state index is 3.07. The van der Waals surface area contributed by atoms with E-state index < -0.39 is 29.4 Å². The number of alkyl halides is 8. The van der Waals surface area contributed by atoms with Gasteiger partial charge in [-0.15, -0.1) is 0 Å². The predicted octanol–water partition coefficient (Wildman–Crippen LogP) is 2.92. The van der Waals surface area contributed by atoms with Crippen LogP contribution in [0.3, 0.4) is 0 Å². The minimum atomic E-state index is -6.25. The maximum atomic E-state index is 12.2. The summed E-state index contributed by atoms with van der Waals surface area (Å²) >= 11 is 3.95. The molecule has 0 saturated heterocycles. The van der Waals surface area contributed by atoms with Gasteiger partial charge in [0.2, 0.25) is 0 Å². The van der Waals surface area contributed by atoms with Crippen LogP contribution < -0.4 is 0 Å². The van der Waals surface area contributed by atoms with E-state index in [1.54, 1.807) is 0 Å². The summed E-state index contributed by atoms with van der Waals surface area (Å²) < 4.78 is 94.8. The maximum Gasteiger partial charge on any atom is 0.425 e. The standard InChI is InChI=1S/C5HClF8O/c6-2(15)4(10,11)3(8,9)1(7)5(12,13)14/h1H. The molecule has 0 aromatic carbocycles. The highest BCUT2D eigenvalue weighted by atomic mass is 35.5. The van der Waals surface area contributed by atoms with Gasteiger partial charge in [0.15, 0.2) is 0 Å². The maximum absolute atomic E-state index is 12.2. The summed E-state index contributed by atoms with van der Waals surface area (Å²) in [7, 11) is 0. The monoisotopic (exact) mass is 264 g/mol.